The summed E-state index contributed by atoms with van der Waals surface area (Å²) in [4.78, 5) is 11.9. The summed E-state index contributed by atoms with van der Waals surface area (Å²) in [5.41, 5.74) is 1.67. The molecule has 122 valence electrons. The fourth-order valence-corrected chi connectivity index (χ4v) is 2.26. The van der Waals surface area contributed by atoms with E-state index in [1.165, 1.54) is 11.0 Å². The summed E-state index contributed by atoms with van der Waals surface area (Å²) in [7, 11) is 0. The number of hydrogen-bond donors (Lipinski definition) is 1. The Morgan fingerprint density at radius 2 is 2.08 bits per heavy atom. The van der Waals surface area contributed by atoms with Crippen LogP contribution in [-0.4, -0.2) is 32.7 Å². The van der Waals surface area contributed by atoms with Gasteiger partial charge in [-0.2, -0.15) is 0 Å². The van der Waals surface area contributed by atoms with E-state index in [0.29, 0.717) is 17.3 Å². The SMILES string of the molecule is O=C(COc1cccc(-n2cnnn2)c1)NCc1cccc(Cl)c1. The molecule has 1 N–H and O–H groups in total. The third-order valence-electron chi connectivity index (χ3n) is 3.18. The minimum Gasteiger partial charge on any atom is -0.484 e. The Hall–Kier alpha value is -2.93. The maximum atomic E-state index is 11.9. The van der Waals surface area contributed by atoms with Gasteiger partial charge in [0.2, 0.25) is 0 Å². The molecule has 2 aromatic carbocycles. The number of carbonyl (C=O) groups excluding carboxylic acids is 1. The molecular weight excluding hydrogens is 330 g/mol. The van der Waals surface area contributed by atoms with E-state index in [1.807, 2.05) is 18.2 Å². The Labute approximate surface area is 143 Å². The molecule has 0 saturated carbocycles. The maximum absolute atomic E-state index is 11.9. The Morgan fingerprint density at radius 3 is 2.88 bits per heavy atom. The normalized spacial score (nSPS) is 10.4. The van der Waals surface area contributed by atoms with Crippen LogP contribution in [0.25, 0.3) is 5.69 Å². The molecular formula is C16H14ClN5O2. The number of nitrogens with one attached hydrogen (secondary N) is 1. The Kier molecular flexibility index (Phi) is 5.02. The lowest BCUT2D eigenvalue weighted by atomic mass is 10.2. The Balaban J connectivity index is 1.52. The van der Waals surface area contributed by atoms with Gasteiger partial charge < -0.3 is 10.1 Å². The van der Waals surface area contributed by atoms with E-state index in [0.717, 1.165) is 11.3 Å². The molecule has 0 spiro atoms. The second kappa shape index (κ2) is 7.56. The minimum absolute atomic E-state index is 0.0837. The molecule has 0 saturated heterocycles. The summed E-state index contributed by atoms with van der Waals surface area (Å²) >= 11 is 5.91. The number of nitrogens with zero attached hydrogens (tertiary/aromatic N) is 4. The van der Waals surface area contributed by atoms with Crippen molar-refractivity contribution in [2.24, 2.45) is 0 Å². The van der Waals surface area contributed by atoms with Crippen molar-refractivity contribution in [2.75, 3.05) is 6.61 Å². The Bertz CT molecular complexity index is 823. The molecule has 1 aromatic heterocycles. The summed E-state index contributed by atoms with van der Waals surface area (Å²) in [6, 6.07) is 14.5. The summed E-state index contributed by atoms with van der Waals surface area (Å²) in [6.07, 6.45) is 1.48. The monoisotopic (exact) mass is 343 g/mol. The zero-order valence-corrected chi connectivity index (χ0v) is 13.3. The first-order valence-corrected chi connectivity index (χ1v) is 7.56. The van der Waals surface area contributed by atoms with Gasteiger partial charge in [0.1, 0.15) is 12.1 Å². The van der Waals surface area contributed by atoms with Gasteiger partial charge in [-0.1, -0.05) is 29.8 Å². The van der Waals surface area contributed by atoms with Gasteiger partial charge >= 0.3 is 0 Å². The van der Waals surface area contributed by atoms with Crippen molar-refractivity contribution >= 4 is 17.5 Å². The number of amides is 1. The zero-order chi connectivity index (χ0) is 16.8. The molecule has 0 unspecified atom stereocenters. The molecule has 3 rings (SSSR count). The van der Waals surface area contributed by atoms with Crippen LogP contribution in [-0.2, 0) is 11.3 Å². The van der Waals surface area contributed by atoms with Crippen LogP contribution < -0.4 is 10.1 Å². The average Bonchev–Trinajstić information content (AvgIpc) is 3.13. The molecule has 24 heavy (non-hydrogen) atoms. The number of benzene rings is 2. The molecule has 0 atom stereocenters. The second-order valence-corrected chi connectivity index (χ2v) is 5.38. The fourth-order valence-electron chi connectivity index (χ4n) is 2.04. The largest absolute Gasteiger partial charge is 0.484 e. The Morgan fingerprint density at radius 1 is 1.21 bits per heavy atom. The van der Waals surface area contributed by atoms with Gasteiger partial charge in [0, 0.05) is 17.6 Å². The van der Waals surface area contributed by atoms with Gasteiger partial charge in [-0.3, -0.25) is 4.79 Å². The van der Waals surface area contributed by atoms with E-state index < -0.39 is 0 Å². The van der Waals surface area contributed by atoms with Gasteiger partial charge in [-0.05, 0) is 40.3 Å². The molecule has 0 aliphatic rings. The highest BCUT2D eigenvalue weighted by Gasteiger charge is 2.05. The molecule has 0 aliphatic carbocycles. The smallest absolute Gasteiger partial charge is 0.258 e. The first kappa shape index (κ1) is 15.9. The van der Waals surface area contributed by atoms with Crippen LogP contribution in [0.4, 0.5) is 0 Å². The maximum Gasteiger partial charge on any atom is 0.258 e. The van der Waals surface area contributed by atoms with E-state index in [4.69, 9.17) is 16.3 Å². The molecule has 0 bridgehead atoms. The summed E-state index contributed by atoms with van der Waals surface area (Å²) < 4.78 is 7.00. The van der Waals surface area contributed by atoms with Crippen LogP contribution in [0.1, 0.15) is 5.56 Å². The van der Waals surface area contributed by atoms with Crippen LogP contribution in [0.2, 0.25) is 5.02 Å². The molecule has 3 aromatic rings. The zero-order valence-electron chi connectivity index (χ0n) is 12.6. The van der Waals surface area contributed by atoms with Crippen LogP contribution in [0.5, 0.6) is 5.75 Å². The molecule has 8 heteroatoms. The molecule has 1 heterocycles. The molecule has 1 amide bonds. The number of carbonyl (C=O) groups is 1. The fraction of sp³-hybridized carbons (Fsp3) is 0.125. The lowest BCUT2D eigenvalue weighted by molar-refractivity contribution is -0.123. The number of ether oxygens (including phenoxy) is 1. The van der Waals surface area contributed by atoms with E-state index in [1.54, 1.807) is 30.3 Å². The first-order valence-electron chi connectivity index (χ1n) is 7.18. The summed E-state index contributed by atoms with van der Waals surface area (Å²) in [5, 5.41) is 14.4. The standard InChI is InChI=1S/C16H14ClN5O2/c17-13-4-1-3-12(7-13)9-18-16(23)10-24-15-6-2-5-14(8-15)22-11-19-20-21-22/h1-8,11H,9-10H2,(H,18,23). The van der Waals surface area contributed by atoms with E-state index in [9.17, 15) is 4.79 Å². The van der Waals surface area contributed by atoms with Crippen molar-refractivity contribution in [3.63, 3.8) is 0 Å². The first-order chi connectivity index (χ1) is 11.7. The van der Waals surface area contributed by atoms with Gasteiger partial charge in [0.05, 0.1) is 5.69 Å². The topological polar surface area (TPSA) is 81.9 Å². The van der Waals surface area contributed by atoms with Crippen molar-refractivity contribution < 1.29 is 9.53 Å². The van der Waals surface area contributed by atoms with Crippen molar-refractivity contribution in [2.45, 2.75) is 6.54 Å². The molecule has 0 radical (unpaired) electrons. The van der Waals surface area contributed by atoms with Crippen molar-refractivity contribution in [3.05, 3.63) is 65.4 Å². The third-order valence-corrected chi connectivity index (χ3v) is 3.41. The number of tetrazole rings is 1. The summed E-state index contributed by atoms with van der Waals surface area (Å²) in [5.74, 6) is 0.337. The van der Waals surface area contributed by atoms with Gasteiger partial charge in [-0.15, -0.1) is 5.10 Å². The highest BCUT2D eigenvalue weighted by Crippen LogP contribution is 2.15. The lowest BCUT2D eigenvalue weighted by Crippen LogP contribution is -2.28. The van der Waals surface area contributed by atoms with Crippen molar-refractivity contribution in [1.82, 2.24) is 25.5 Å². The molecule has 7 nitrogen and oxygen atoms in total. The number of aromatic nitrogens is 4. The van der Waals surface area contributed by atoms with Gasteiger partial charge in [0.25, 0.3) is 5.91 Å². The van der Waals surface area contributed by atoms with Crippen LogP contribution in [0.15, 0.2) is 54.9 Å². The third kappa shape index (κ3) is 4.30. The van der Waals surface area contributed by atoms with Gasteiger partial charge in [-0.25, -0.2) is 4.68 Å². The minimum atomic E-state index is -0.220. The average molecular weight is 344 g/mol. The van der Waals surface area contributed by atoms with Crippen LogP contribution in [0.3, 0.4) is 0 Å². The summed E-state index contributed by atoms with van der Waals surface area (Å²) in [6.45, 7) is 0.313. The quantitative estimate of drug-likeness (QED) is 0.740. The van der Waals surface area contributed by atoms with Crippen molar-refractivity contribution in [3.8, 4) is 11.4 Å². The van der Waals surface area contributed by atoms with E-state index in [2.05, 4.69) is 20.8 Å². The number of rotatable bonds is 6. The number of hydrogen-bond acceptors (Lipinski definition) is 5. The molecule has 0 aliphatic heterocycles. The molecule has 0 fully saturated rings. The van der Waals surface area contributed by atoms with E-state index >= 15 is 0 Å². The predicted octanol–water partition coefficient (Wildman–Crippen LogP) is 2.01. The number of halogens is 1. The van der Waals surface area contributed by atoms with Crippen LogP contribution in [0, 0.1) is 0 Å². The van der Waals surface area contributed by atoms with E-state index in [-0.39, 0.29) is 12.5 Å². The second-order valence-electron chi connectivity index (χ2n) is 4.95. The van der Waals surface area contributed by atoms with Crippen molar-refractivity contribution in [1.29, 1.82) is 0 Å². The predicted molar refractivity (Wildman–Crippen MR) is 87.9 cm³/mol. The van der Waals surface area contributed by atoms with Gasteiger partial charge in [0.15, 0.2) is 6.61 Å². The lowest BCUT2D eigenvalue weighted by Gasteiger charge is -2.09. The highest BCUT2D eigenvalue weighted by atomic mass is 35.5. The highest BCUT2D eigenvalue weighted by molar-refractivity contribution is 6.30. The van der Waals surface area contributed by atoms with Crippen LogP contribution >= 0.6 is 11.6 Å².